The molecule has 0 aromatic carbocycles. The zero-order chi connectivity index (χ0) is 14.7. The Hall–Kier alpha value is -0.120. The summed E-state index contributed by atoms with van der Waals surface area (Å²) in [6.45, 7) is 18.0. The minimum atomic E-state index is 0.557. The Labute approximate surface area is 121 Å². The lowest BCUT2D eigenvalue weighted by Crippen LogP contribution is -2.45. The maximum Gasteiger partial charge on any atom is 0.0243 e. The van der Waals surface area contributed by atoms with Gasteiger partial charge in [0.15, 0.2) is 0 Å². The van der Waals surface area contributed by atoms with Crippen molar-refractivity contribution in [1.29, 1.82) is 0 Å². The lowest BCUT2D eigenvalue weighted by molar-refractivity contribution is 0.145. The van der Waals surface area contributed by atoms with Gasteiger partial charge < -0.3 is 10.6 Å². The van der Waals surface area contributed by atoms with Crippen LogP contribution in [0.3, 0.4) is 0 Å². The minimum Gasteiger partial charge on any atom is -0.329 e. The van der Waals surface area contributed by atoms with Crippen molar-refractivity contribution >= 4 is 0 Å². The van der Waals surface area contributed by atoms with Gasteiger partial charge in [-0.15, -0.1) is 0 Å². The second kappa shape index (κ2) is 11.7. The summed E-state index contributed by atoms with van der Waals surface area (Å²) in [5.41, 5.74) is 6.01. The van der Waals surface area contributed by atoms with E-state index in [9.17, 15) is 0 Å². The van der Waals surface area contributed by atoms with Crippen molar-refractivity contribution in [3.05, 3.63) is 0 Å². The molecule has 2 atom stereocenters. The van der Waals surface area contributed by atoms with Crippen LogP contribution in [0.4, 0.5) is 0 Å². The lowest BCUT2D eigenvalue weighted by atomic mass is 9.95. The first-order valence-electron chi connectivity index (χ1n) is 8.30. The summed E-state index contributed by atoms with van der Waals surface area (Å²) in [6, 6.07) is 0.557. The molecule has 3 heteroatoms. The Balaban J connectivity index is 4.22. The molecule has 19 heavy (non-hydrogen) atoms. The normalized spacial score (nSPS) is 15.2. The van der Waals surface area contributed by atoms with Gasteiger partial charge in [0.2, 0.25) is 0 Å². The molecule has 0 bridgehead atoms. The SMILES string of the molecule is CCCC(C)C(CN)N(CC)CCCN(CC)CC. The average Bonchev–Trinajstić information content (AvgIpc) is 2.42. The molecule has 0 saturated carbocycles. The first-order chi connectivity index (χ1) is 9.14. The van der Waals surface area contributed by atoms with Crippen molar-refractivity contribution in [2.75, 3.05) is 39.3 Å². The third-order valence-corrected chi connectivity index (χ3v) is 4.33. The third-order valence-electron chi connectivity index (χ3n) is 4.33. The number of likely N-dealkylation sites (N-methyl/N-ethyl adjacent to an activating group) is 1. The van der Waals surface area contributed by atoms with Crippen molar-refractivity contribution in [3.63, 3.8) is 0 Å². The van der Waals surface area contributed by atoms with Crippen molar-refractivity contribution in [3.8, 4) is 0 Å². The van der Waals surface area contributed by atoms with Crippen LogP contribution in [0.2, 0.25) is 0 Å². The molecule has 2 N–H and O–H groups in total. The van der Waals surface area contributed by atoms with Gasteiger partial charge in [-0.1, -0.05) is 41.0 Å². The van der Waals surface area contributed by atoms with Gasteiger partial charge in [-0.25, -0.2) is 0 Å². The Kier molecular flexibility index (Phi) is 11.6. The summed E-state index contributed by atoms with van der Waals surface area (Å²) in [5.74, 6) is 0.711. The van der Waals surface area contributed by atoms with E-state index in [-0.39, 0.29) is 0 Å². The summed E-state index contributed by atoms with van der Waals surface area (Å²) in [5, 5.41) is 0. The van der Waals surface area contributed by atoms with E-state index in [1.165, 1.54) is 32.4 Å². The van der Waals surface area contributed by atoms with E-state index < -0.39 is 0 Å². The maximum atomic E-state index is 6.01. The standard InChI is InChI=1S/C16H37N3/c1-6-11-15(5)16(14-17)19(9-4)13-10-12-18(7-2)8-3/h15-16H,6-14,17H2,1-5H3. The van der Waals surface area contributed by atoms with E-state index in [4.69, 9.17) is 5.73 Å². The van der Waals surface area contributed by atoms with Crippen LogP contribution in [0.25, 0.3) is 0 Å². The summed E-state index contributed by atoms with van der Waals surface area (Å²) in [7, 11) is 0. The van der Waals surface area contributed by atoms with Crippen LogP contribution in [0.5, 0.6) is 0 Å². The molecule has 0 spiro atoms. The average molecular weight is 271 g/mol. The molecular formula is C16H37N3. The van der Waals surface area contributed by atoms with Gasteiger partial charge in [-0.2, -0.15) is 0 Å². The van der Waals surface area contributed by atoms with Crippen LogP contribution in [0.1, 0.15) is 53.9 Å². The quantitative estimate of drug-likeness (QED) is 0.592. The number of rotatable bonds is 12. The first-order valence-corrected chi connectivity index (χ1v) is 8.30. The highest BCUT2D eigenvalue weighted by atomic mass is 15.2. The number of hydrogen-bond donors (Lipinski definition) is 1. The predicted molar refractivity (Wildman–Crippen MR) is 86.6 cm³/mol. The number of nitrogens with two attached hydrogens (primary N) is 1. The van der Waals surface area contributed by atoms with Gasteiger partial charge in [0, 0.05) is 12.6 Å². The van der Waals surface area contributed by atoms with Crippen molar-refractivity contribution in [2.24, 2.45) is 11.7 Å². The predicted octanol–water partition coefficient (Wildman–Crippen LogP) is 2.80. The number of nitrogens with zero attached hydrogens (tertiary/aromatic N) is 2. The molecule has 0 heterocycles. The van der Waals surface area contributed by atoms with Crippen LogP contribution in [-0.2, 0) is 0 Å². The topological polar surface area (TPSA) is 32.5 Å². The fourth-order valence-electron chi connectivity index (χ4n) is 2.98. The molecule has 0 radical (unpaired) electrons. The smallest absolute Gasteiger partial charge is 0.0243 e. The van der Waals surface area contributed by atoms with Crippen LogP contribution < -0.4 is 5.73 Å². The summed E-state index contributed by atoms with van der Waals surface area (Å²) in [4.78, 5) is 5.09. The molecule has 0 rings (SSSR count). The Morgan fingerprint density at radius 2 is 1.58 bits per heavy atom. The zero-order valence-electron chi connectivity index (χ0n) is 14.0. The van der Waals surface area contributed by atoms with Crippen molar-refractivity contribution in [1.82, 2.24) is 9.80 Å². The van der Waals surface area contributed by atoms with Gasteiger partial charge >= 0.3 is 0 Å². The summed E-state index contributed by atoms with van der Waals surface area (Å²) < 4.78 is 0. The fraction of sp³-hybridized carbons (Fsp3) is 1.00. The molecule has 3 nitrogen and oxygen atoms in total. The molecule has 0 saturated heterocycles. The lowest BCUT2D eigenvalue weighted by Gasteiger charge is -2.34. The molecule has 0 aliphatic heterocycles. The summed E-state index contributed by atoms with van der Waals surface area (Å²) in [6.07, 6.45) is 3.80. The van der Waals surface area contributed by atoms with Gasteiger partial charge in [0.1, 0.15) is 0 Å². The van der Waals surface area contributed by atoms with E-state index in [0.717, 1.165) is 26.2 Å². The maximum absolute atomic E-state index is 6.01. The van der Waals surface area contributed by atoms with E-state index in [1.54, 1.807) is 0 Å². The Morgan fingerprint density at radius 1 is 0.947 bits per heavy atom. The van der Waals surface area contributed by atoms with Crippen LogP contribution in [0.15, 0.2) is 0 Å². The van der Waals surface area contributed by atoms with Gasteiger partial charge in [0.25, 0.3) is 0 Å². The molecule has 0 aliphatic rings. The minimum absolute atomic E-state index is 0.557. The molecule has 2 unspecified atom stereocenters. The Bertz CT molecular complexity index is 192. The molecule has 0 amide bonds. The monoisotopic (exact) mass is 271 g/mol. The second-order valence-electron chi connectivity index (χ2n) is 5.58. The van der Waals surface area contributed by atoms with Crippen LogP contribution in [0, 0.1) is 5.92 Å². The van der Waals surface area contributed by atoms with E-state index in [0.29, 0.717) is 12.0 Å². The molecule has 0 aliphatic carbocycles. The molecule has 116 valence electrons. The molecule has 0 fully saturated rings. The van der Waals surface area contributed by atoms with E-state index in [1.807, 2.05) is 0 Å². The zero-order valence-corrected chi connectivity index (χ0v) is 14.0. The van der Waals surface area contributed by atoms with Crippen molar-refractivity contribution in [2.45, 2.75) is 59.9 Å². The highest BCUT2D eigenvalue weighted by Crippen LogP contribution is 2.16. The molecule has 0 aromatic heterocycles. The van der Waals surface area contributed by atoms with Crippen LogP contribution >= 0.6 is 0 Å². The number of hydrogen-bond acceptors (Lipinski definition) is 3. The second-order valence-corrected chi connectivity index (χ2v) is 5.58. The first kappa shape index (κ1) is 18.9. The van der Waals surface area contributed by atoms with Crippen molar-refractivity contribution < 1.29 is 0 Å². The fourth-order valence-corrected chi connectivity index (χ4v) is 2.98. The van der Waals surface area contributed by atoms with Crippen LogP contribution in [-0.4, -0.2) is 55.1 Å². The Morgan fingerprint density at radius 3 is 2.00 bits per heavy atom. The largest absolute Gasteiger partial charge is 0.329 e. The molecule has 0 aromatic rings. The highest BCUT2D eigenvalue weighted by Gasteiger charge is 2.21. The van der Waals surface area contributed by atoms with E-state index >= 15 is 0 Å². The van der Waals surface area contributed by atoms with E-state index in [2.05, 4.69) is 44.4 Å². The summed E-state index contributed by atoms with van der Waals surface area (Å²) >= 11 is 0. The molecular weight excluding hydrogens is 234 g/mol. The third kappa shape index (κ3) is 7.28. The van der Waals surface area contributed by atoms with Gasteiger partial charge in [-0.05, 0) is 51.5 Å². The van der Waals surface area contributed by atoms with Gasteiger partial charge in [-0.3, -0.25) is 4.90 Å². The van der Waals surface area contributed by atoms with Gasteiger partial charge in [0.05, 0.1) is 0 Å². The highest BCUT2D eigenvalue weighted by molar-refractivity contribution is 4.77.